The number of benzene rings is 2. The number of anilines is 1. The number of piperidine rings is 1. The lowest BCUT2D eigenvalue weighted by Gasteiger charge is -2.44. The fourth-order valence-electron chi connectivity index (χ4n) is 3.73. The van der Waals surface area contributed by atoms with Gasteiger partial charge in [-0.3, -0.25) is 9.59 Å². The summed E-state index contributed by atoms with van der Waals surface area (Å²) in [6.07, 6.45) is 2.08. The van der Waals surface area contributed by atoms with Crippen LogP contribution >= 0.6 is 0 Å². The molecule has 1 saturated heterocycles. The molecule has 0 atom stereocenters. The highest BCUT2D eigenvalue weighted by Gasteiger charge is 2.43. The van der Waals surface area contributed by atoms with E-state index in [1.54, 1.807) is 48.4 Å². The van der Waals surface area contributed by atoms with Crippen molar-refractivity contribution >= 4 is 23.7 Å². The first-order valence-electron chi connectivity index (χ1n) is 9.33. The molecule has 0 aliphatic carbocycles. The van der Waals surface area contributed by atoms with Gasteiger partial charge in [0.15, 0.2) is 5.72 Å². The molecular formula is C21H22N4O4. The summed E-state index contributed by atoms with van der Waals surface area (Å²) in [5.41, 5.74) is 6.88. The lowest BCUT2D eigenvalue weighted by Crippen LogP contribution is -2.61. The molecule has 29 heavy (non-hydrogen) atoms. The number of methoxy groups -OCH3 is 1. The second-order valence-electron chi connectivity index (χ2n) is 7.19. The zero-order valence-corrected chi connectivity index (χ0v) is 16.0. The minimum atomic E-state index is -0.823. The summed E-state index contributed by atoms with van der Waals surface area (Å²) < 4.78 is 11.3. The molecule has 0 radical (unpaired) electrons. The molecule has 8 nitrogen and oxygen atoms in total. The second kappa shape index (κ2) is 7.12. The van der Waals surface area contributed by atoms with Crippen LogP contribution < -0.4 is 20.5 Å². The Kier molecular flexibility index (Phi) is 4.62. The average Bonchev–Trinajstić information content (AvgIpc) is 2.74. The first kappa shape index (κ1) is 18.8. The van der Waals surface area contributed by atoms with Gasteiger partial charge in [-0.15, -0.1) is 0 Å². The Hall–Kier alpha value is -3.55. The molecule has 2 aromatic carbocycles. The van der Waals surface area contributed by atoms with E-state index in [1.807, 2.05) is 0 Å². The SMILES string of the molecule is COc1ccc2c(c1)C(=O)NC1(CCN(C(=O)c3ccc(N)c(C=N)c3)CC1)O2. The van der Waals surface area contributed by atoms with Gasteiger partial charge in [0.25, 0.3) is 11.8 Å². The molecule has 2 heterocycles. The lowest BCUT2D eigenvalue weighted by molar-refractivity contribution is -0.0246. The molecule has 4 rings (SSSR count). The molecule has 2 aliphatic heterocycles. The highest BCUT2D eigenvalue weighted by Crippen LogP contribution is 2.35. The molecule has 4 N–H and O–H groups in total. The largest absolute Gasteiger partial charge is 0.497 e. The number of nitrogen functional groups attached to an aromatic ring is 1. The maximum atomic E-state index is 12.9. The lowest BCUT2D eigenvalue weighted by atomic mass is 9.96. The van der Waals surface area contributed by atoms with Crippen LogP contribution in [0.25, 0.3) is 0 Å². The molecule has 2 aliphatic rings. The number of ether oxygens (including phenoxy) is 2. The van der Waals surface area contributed by atoms with Crippen molar-refractivity contribution < 1.29 is 19.1 Å². The number of nitrogens with zero attached hydrogens (tertiary/aromatic N) is 1. The summed E-state index contributed by atoms with van der Waals surface area (Å²) in [5, 5.41) is 10.4. The summed E-state index contributed by atoms with van der Waals surface area (Å²) in [6, 6.07) is 10.1. The van der Waals surface area contributed by atoms with E-state index in [-0.39, 0.29) is 11.8 Å². The third-order valence-electron chi connectivity index (χ3n) is 5.43. The maximum Gasteiger partial charge on any atom is 0.258 e. The van der Waals surface area contributed by atoms with E-state index in [2.05, 4.69) is 5.32 Å². The van der Waals surface area contributed by atoms with Crippen molar-refractivity contribution in [3.05, 3.63) is 53.1 Å². The van der Waals surface area contributed by atoms with Gasteiger partial charge in [-0.25, -0.2) is 0 Å². The highest BCUT2D eigenvalue weighted by molar-refractivity contribution is 5.99. The van der Waals surface area contributed by atoms with Crippen LogP contribution in [0, 0.1) is 5.41 Å². The van der Waals surface area contributed by atoms with Crippen LogP contribution in [0.5, 0.6) is 11.5 Å². The second-order valence-corrected chi connectivity index (χ2v) is 7.19. The Morgan fingerprint density at radius 1 is 1.28 bits per heavy atom. The van der Waals surface area contributed by atoms with Crippen molar-refractivity contribution in [1.82, 2.24) is 10.2 Å². The first-order chi connectivity index (χ1) is 13.9. The molecule has 0 bridgehead atoms. The van der Waals surface area contributed by atoms with Crippen LogP contribution in [0.1, 0.15) is 39.1 Å². The average molecular weight is 394 g/mol. The van der Waals surface area contributed by atoms with Crippen molar-refractivity contribution in [2.24, 2.45) is 0 Å². The van der Waals surface area contributed by atoms with E-state index in [4.69, 9.17) is 20.6 Å². The number of likely N-dealkylation sites (tertiary alicyclic amines) is 1. The first-order valence-corrected chi connectivity index (χ1v) is 9.33. The van der Waals surface area contributed by atoms with Gasteiger partial charge in [0.05, 0.1) is 12.7 Å². The molecule has 2 amide bonds. The van der Waals surface area contributed by atoms with Gasteiger partial charge < -0.3 is 30.8 Å². The number of rotatable bonds is 3. The summed E-state index contributed by atoms with van der Waals surface area (Å²) in [7, 11) is 1.55. The molecule has 0 aromatic heterocycles. The summed E-state index contributed by atoms with van der Waals surface area (Å²) in [6.45, 7) is 0.879. The number of nitrogens with one attached hydrogen (secondary N) is 2. The Balaban J connectivity index is 1.48. The van der Waals surface area contributed by atoms with Crippen LogP contribution in [-0.2, 0) is 0 Å². The quantitative estimate of drug-likeness (QED) is 0.544. The number of carbonyl (C=O) groups excluding carboxylic acids is 2. The molecule has 0 unspecified atom stereocenters. The third kappa shape index (κ3) is 3.37. The van der Waals surface area contributed by atoms with Crippen LogP contribution in [0.15, 0.2) is 36.4 Å². The van der Waals surface area contributed by atoms with Crippen molar-refractivity contribution in [3.8, 4) is 11.5 Å². The molecular weight excluding hydrogens is 372 g/mol. The number of fused-ring (bicyclic) bond motifs is 1. The molecule has 1 spiro atoms. The maximum absolute atomic E-state index is 12.9. The number of nitrogens with two attached hydrogens (primary N) is 1. The van der Waals surface area contributed by atoms with Crippen molar-refractivity contribution in [1.29, 1.82) is 5.41 Å². The minimum absolute atomic E-state index is 0.129. The zero-order valence-electron chi connectivity index (χ0n) is 16.0. The number of carbonyl (C=O) groups is 2. The van der Waals surface area contributed by atoms with Gasteiger partial charge >= 0.3 is 0 Å². The summed E-state index contributed by atoms with van der Waals surface area (Å²) >= 11 is 0. The van der Waals surface area contributed by atoms with Crippen LogP contribution in [0.4, 0.5) is 5.69 Å². The standard InChI is InChI=1S/C21H22N4O4/c1-28-15-3-5-18-16(11-15)19(26)24-21(29-18)6-8-25(9-7-21)20(27)13-2-4-17(23)14(10-13)12-22/h2-5,10-12,22H,6-9,23H2,1H3,(H,24,26). The predicted molar refractivity (Wildman–Crippen MR) is 108 cm³/mol. The Bertz CT molecular complexity index is 996. The summed E-state index contributed by atoms with van der Waals surface area (Å²) in [4.78, 5) is 27.2. The Morgan fingerprint density at radius 2 is 2.03 bits per heavy atom. The normalized spacial score (nSPS) is 17.1. The van der Waals surface area contributed by atoms with Gasteiger partial charge in [-0.05, 0) is 36.4 Å². The van der Waals surface area contributed by atoms with E-state index >= 15 is 0 Å². The molecule has 0 saturated carbocycles. The topological polar surface area (TPSA) is 118 Å². The van der Waals surface area contributed by atoms with Gasteiger partial charge in [-0.2, -0.15) is 0 Å². The zero-order chi connectivity index (χ0) is 20.6. The summed E-state index contributed by atoms with van der Waals surface area (Å²) in [5.74, 6) is 0.768. The Labute approximate surface area is 168 Å². The molecule has 150 valence electrons. The smallest absolute Gasteiger partial charge is 0.258 e. The van der Waals surface area contributed by atoms with E-state index in [9.17, 15) is 9.59 Å². The number of hydrogen-bond acceptors (Lipinski definition) is 6. The van der Waals surface area contributed by atoms with Crippen molar-refractivity contribution in [2.45, 2.75) is 18.6 Å². The van der Waals surface area contributed by atoms with Crippen LogP contribution in [-0.4, -0.2) is 48.9 Å². The van der Waals surface area contributed by atoms with Gasteiger partial charge in [-0.1, -0.05) is 0 Å². The fourth-order valence-corrected chi connectivity index (χ4v) is 3.73. The van der Waals surface area contributed by atoms with Crippen LogP contribution in [0.2, 0.25) is 0 Å². The number of hydrogen-bond donors (Lipinski definition) is 3. The van der Waals surface area contributed by atoms with Crippen LogP contribution in [0.3, 0.4) is 0 Å². The highest BCUT2D eigenvalue weighted by atomic mass is 16.5. The van der Waals surface area contributed by atoms with E-state index in [0.29, 0.717) is 59.8 Å². The Morgan fingerprint density at radius 3 is 2.72 bits per heavy atom. The van der Waals surface area contributed by atoms with E-state index < -0.39 is 5.72 Å². The minimum Gasteiger partial charge on any atom is -0.497 e. The molecule has 8 heteroatoms. The van der Waals surface area contributed by atoms with Crippen molar-refractivity contribution in [2.75, 3.05) is 25.9 Å². The monoisotopic (exact) mass is 394 g/mol. The molecule has 2 aromatic rings. The van der Waals surface area contributed by atoms with E-state index in [1.165, 1.54) is 0 Å². The third-order valence-corrected chi connectivity index (χ3v) is 5.43. The van der Waals surface area contributed by atoms with Gasteiger partial charge in [0.1, 0.15) is 11.5 Å². The van der Waals surface area contributed by atoms with Crippen molar-refractivity contribution in [3.63, 3.8) is 0 Å². The fraction of sp³-hybridized carbons (Fsp3) is 0.286. The van der Waals surface area contributed by atoms with Gasteiger partial charge in [0, 0.05) is 49.0 Å². The van der Waals surface area contributed by atoms with E-state index in [0.717, 1.165) is 6.21 Å². The predicted octanol–water partition coefficient (Wildman–Crippen LogP) is 2.03. The number of amides is 2. The van der Waals surface area contributed by atoms with Gasteiger partial charge in [0.2, 0.25) is 0 Å². The molecule has 1 fully saturated rings.